The van der Waals surface area contributed by atoms with Crippen LogP contribution in [0.1, 0.15) is 18.1 Å². The summed E-state index contributed by atoms with van der Waals surface area (Å²) in [5.41, 5.74) is 2.27. The van der Waals surface area contributed by atoms with E-state index in [2.05, 4.69) is 5.32 Å². The maximum Gasteiger partial charge on any atom is 0.331 e. The summed E-state index contributed by atoms with van der Waals surface area (Å²) >= 11 is 6.03. The molecular weight excluding hydrogens is 354 g/mol. The molecule has 26 heavy (non-hydrogen) atoms. The van der Waals surface area contributed by atoms with Gasteiger partial charge in [-0.05, 0) is 55.3 Å². The van der Waals surface area contributed by atoms with Gasteiger partial charge in [-0.1, -0.05) is 29.8 Å². The van der Waals surface area contributed by atoms with Crippen LogP contribution in [-0.4, -0.2) is 25.1 Å². The van der Waals surface area contributed by atoms with E-state index in [9.17, 15) is 9.59 Å². The van der Waals surface area contributed by atoms with Crippen molar-refractivity contribution < 1.29 is 19.1 Å². The van der Waals surface area contributed by atoms with Gasteiger partial charge >= 0.3 is 5.97 Å². The first-order chi connectivity index (χ1) is 12.4. The molecule has 2 aromatic carbocycles. The number of benzene rings is 2. The Morgan fingerprint density at radius 2 is 1.85 bits per heavy atom. The van der Waals surface area contributed by atoms with Crippen molar-refractivity contribution in [3.63, 3.8) is 0 Å². The molecule has 0 aromatic heterocycles. The van der Waals surface area contributed by atoms with Gasteiger partial charge in [0.15, 0.2) is 6.10 Å². The third-order valence-electron chi connectivity index (χ3n) is 3.63. The Morgan fingerprint density at radius 1 is 1.15 bits per heavy atom. The normalized spacial score (nSPS) is 11.8. The van der Waals surface area contributed by atoms with Crippen molar-refractivity contribution >= 4 is 35.2 Å². The van der Waals surface area contributed by atoms with Gasteiger partial charge in [0, 0.05) is 16.8 Å². The lowest BCUT2D eigenvalue weighted by Gasteiger charge is -2.13. The molecule has 0 radical (unpaired) electrons. The van der Waals surface area contributed by atoms with Crippen LogP contribution in [-0.2, 0) is 14.3 Å². The molecule has 0 saturated carbocycles. The van der Waals surface area contributed by atoms with E-state index in [1.165, 1.54) is 13.0 Å². The van der Waals surface area contributed by atoms with Crippen LogP contribution in [0.4, 0.5) is 5.69 Å². The number of anilines is 1. The quantitative estimate of drug-likeness (QED) is 0.607. The molecule has 0 aliphatic rings. The van der Waals surface area contributed by atoms with Crippen LogP contribution in [0.15, 0.2) is 48.5 Å². The zero-order valence-electron chi connectivity index (χ0n) is 14.8. The maximum atomic E-state index is 12.1. The molecular formula is C20H20ClNO4. The Morgan fingerprint density at radius 3 is 2.46 bits per heavy atom. The number of methoxy groups -OCH3 is 1. The zero-order chi connectivity index (χ0) is 19.1. The van der Waals surface area contributed by atoms with Gasteiger partial charge in [-0.25, -0.2) is 4.79 Å². The Labute approximate surface area is 157 Å². The van der Waals surface area contributed by atoms with Crippen LogP contribution in [0.5, 0.6) is 5.75 Å². The van der Waals surface area contributed by atoms with E-state index in [0.29, 0.717) is 10.7 Å². The number of amides is 1. The van der Waals surface area contributed by atoms with Crippen LogP contribution >= 0.6 is 11.6 Å². The molecule has 0 spiro atoms. The van der Waals surface area contributed by atoms with E-state index < -0.39 is 18.0 Å². The lowest BCUT2D eigenvalue weighted by molar-refractivity contribution is -0.148. The summed E-state index contributed by atoms with van der Waals surface area (Å²) in [6, 6.07) is 12.4. The molecule has 1 N–H and O–H groups in total. The van der Waals surface area contributed by atoms with Gasteiger partial charge in [0.25, 0.3) is 5.91 Å². The highest BCUT2D eigenvalue weighted by Crippen LogP contribution is 2.20. The van der Waals surface area contributed by atoms with Gasteiger partial charge in [0.2, 0.25) is 0 Å². The molecule has 0 heterocycles. The molecule has 1 amide bonds. The first-order valence-corrected chi connectivity index (χ1v) is 8.36. The van der Waals surface area contributed by atoms with Crippen molar-refractivity contribution in [2.24, 2.45) is 0 Å². The van der Waals surface area contributed by atoms with E-state index in [0.717, 1.165) is 16.9 Å². The lowest BCUT2D eigenvalue weighted by atomic mass is 10.2. The summed E-state index contributed by atoms with van der Waals surface area (Å²) in [5.74, 6) is -0.312. The average molecular weight is 374 g/mol. The summed E-state index contributed by atoms with van der Waals surface area (Å²) < 4.78 is 10.2. The number of esters is 1. The predicted octanol–water partition coefficient (Wildman–Crippen LogP) is 4.24. The van der Waals surface area contributed by atoms with E-state index >= 15 is 0 Å². The lowest BCUT2D eigenvalue weighted by Crippen LogP contribution is -2.29. The van der Waals surface area contributed by atoms with Gasteiger partial charge in [0.1, 0.15) is 5.75 Å². The highest BCUT2D eigenvalue weighted by Gasteiger charge is 2.17. The summed E-state index contributed by atoms with van der Waals surface area (Å²) in [6.07, 6.45) is 1.93. The molecule has 136 valence electrons. The minimum Gasteiger partial charge on any atom is -0.497 e. The number of halogens is 1. The maximum absolute atomic E-state index is 12.1. The Bertz CT molecular complexity index is 815. The summed E-state index contributed by atoms with van der Waals surface area (Å²) in [5, 5.41) is 3.21. The number of carbonyl (C=O) groups excluding carboxylic acids is 2. The monoisotopic (exact) mass is 373 g/mol. The molecule has 1 atom stereocenters. The van der Waals surface area contributed by atoms with Crippen molar-refractivity contribution in [1.29, 1.82) is 0 Å². The standard InChI is InChI=1S/C20H20ClNO4/c1-13-4-8-16(12-18(13)21)22-20(24)14(2)26-19(23)11-7-15-5-9-17(25-3)10-6-15/h4-12,14H,1-3H3,(H,22,24)/b11-7+/t14-/m1/s1. The molecule has 0 unspecified atom stereocenters. The van der Waals surface area contributed by atoms with Crippen molar-refractivity contribution in [2.75, 3.05) is 12.4 Å². The van der Waals surface area contributed by atoms with Gasteiger partial charge in [-0.15, -0.1) is 0 Å². The fraction of sp³-hybridized carbons (Fsp3) is 0.200. The second-order valence-electron chi connectivity index (χ2n) is 5.64. The fourth-order valence-corrected chi connectivity index (χ4v) is 2.24. The highest BCUT2D eigenvalue weighted by molar-refractivity contribution is 6.31. The molecule has 0 saturated heterocycles. The fourth-order valence-electron chi connectivity index (χ4n) is 2.06. The van der Waals surface area contributed by atoms with Gasteiger partial charge in [0.05, 0.1) is 7.11 Å². The third-order valence-corrected chi connectivity index (χ3v) is 4.04. The average Bonchev–Trinajstić information content (AvgIpc) is 2.63. The number of aryl methyl sites for hydroxylation is 1. The van der Waals surface area contributed by atoms with Crippen molar-refractivity contribution in [3.05, 3.63) is 64.7 Å². The zero-order valence-corrected chi connectivity index (χ0v) is 15.5. The first-order valence-electron chi connectivity index (χ1n) is 7.99. The smallest absolute Gasteiger partial charge is 0.331 e. The van der Waals surface area contributed by atoms with Crippen molar-refractivity contribution in [1.82, 2.24) is 0 Å². The third kappa shape index (κ3) is 5.63. The van der Waals surface area contributed by atoms with Gasteiger partial charge in [-0.3, -0.25) is 4.79 Å². The van der Waals surface area contributed by atoms with E-state index in [1.807, 2.05) is 6.92 Å². The molecule has 0 fully saturated rings. The number of nitrogens with one attached hydrogen (secondary N) is 1. The molecule has 0 bridgehead atoms. The van der Waals surface area contributed by atoms with Crippen LogP contribution in [0.3, 0.4) is 0 Å². The summed E-state index contributed by atoms with van der Waals surface area (Å²) in [7, 11) is 1.58. The number of hydrogen-bond donors (Lipinski definition) is 1. The van der Waals surface area contributed by atoms with E-state index in [-0.39, 0.29) is 0 Å². The summed E-state index contributed by atoms with van der Waals surface area (Å²) in [4.78, 5) is 24.0. The predicted molar refractivity (Wildman–Crippen MR) is 102 cm³/mol. The minimum absolute atomic E-state index is 0.434. The SMILES string of the molecule is COc1ccc(/C=C/C(=O)O[C@H](C)C(=O)Nc2ccc(C)c(Cl)c2)cc1. The van der Waals surface area contributed by atoms with Gasteiger partial charge < -0.3 is 14.8 Å². The molecule has 0 aliphatic carbocycles. The second-order valence-corrected chi connectivity index (χ2v) is 6.05. The first kappa shape index (κ1) is 19.5. The molecule has 0 aliphatic heterocycles. The Hall–Kier alpha value is -2.79. The van der Waals surface area contributed by atoms with E-state index in [1.54, 1.807) is 55.7 Å². The van der Waals surface area contributed by atoms with Crippen molar-refractivity contribution in [3.8, 4) is 5.75 Å². The van der Waals surface area contributed by atoms with Crippen LogP contribution < -0.4 is 10.1 Å². The van der Waals surface area contributed by atoms with Gasteiger partial charge in [-0.2, -0.15) is 0 Å². The Kier molecular flexibility index (Phi) is 6.81. The molecule has 6 heteroatoms. The second kappa shape index (κ2) is 9.06. The number of rotatable bonds is 6. The van der Waals surface area contributed by atoms with Crippen molar-refractivity contribution in [2.45, 2.75) is 20.0 Å². The number of carbonyl (C=O) groups is 2. The van der Waals surface area contributed by atoms with Crippen LogP contribution in [0, 0.1) is 6.92 Å². The number of hydrogen-bond acceptors (Lipinski definition) is 4. The highest BCUT2D eigenvalue weighted by atomic mass is 35.5. The largest absolute Gasteiger partial charge is 0.497 e. The summed E-state index contributed by atoms with van der Waals surface area (Å²) in [6.45, 7) is 3.37. The van der Waals surface area contributed by atoms with Crippen LogP contribution in [0.2, 0.25) is 5.02 Å². The van der Waals surface area contributed by atoms with E-state index in [4.69, 9.17) is 21.1 Å². The molecule has 2 aromatic rings. The topological polar surface area (TPSA) is 64.6 Å². The Balaban J connectivity index is 1.89. The minimum atomic E-state index is -0.942. The molecule has 2 rings (SSSR count). The van der Waals surface area contributed by atoms with Crippen LogP contribution in [0.25, 0.3) is 6.08 Å². The molecule has 5 nitrogen and oxygen atoms in total. The number of ether oxygens (including phenoxy) is 2.